The van der Waals surface area contributed by atoms with Gasteiger partial charge in [-0.25, -0.2) is 0 Å². The lowest BCUT2D eigenvalue weighted by atomic mass is 9.80. The summed E-state index contributed by atoms with van der Waals surface area (Å²) in [6, 6.07) is 0.274. The third-order valence-electron chi connectivity index (χ3n) is 2.36. The third kappa shape index (κ3) is 2.17. The molecule has 0 unspecified atom stereocenters. The van der Waals surface area contributed by atoms with E-state index in [2.05, 4.69) is 26.1 Å². The van der Waals surface area contributed by atoms with Gasteiger partial charge < -0.3 is 10.4 Å². The predicted molar refractivity (Wildman–Crippen MR) is 46.5 cm³/mol. The van der Waals surface area contributed by atoms with Crippen LogP contribution in [0.15, 0.2) is 0 Å². The van der Waals surface area contributed by atoms with Crippen molar-refractivity contribution in [2.45, 2.75) is 45.8 Å². The van der Waals surface area contributed by atoms with Crippen LogP contribution in [0, 0.1) is 5.41 Å². The van der Waals surface area contributed by atoms with Crippen molar-refractivity contribution >= 4 is 0 Å². The van der Waals surface area contributed by atoms with Gasteiger partial charge in [-0.2, -0.15) is 0 Å². The molecule has 1 rings (SSSR count). The lowest BCUT2D eigenvalue weighted by molar-refractivity contribution is 0.0448. The molecule has 2 heteroatoms. The van der Waals surface area contributed by atoms with Crippen LogP contribution in [-0.2, 0) is 0 Å². The van der Waals surface area contributed by atoms with Crippen LogP contribution in [0.1, 0.15) is 33.6 Å². The van der Waals surface area contributed by atoms with Crippen molar-refractivity contribution in [3.8, 4) is 0 Å². The van der Waals surface area contributed by atoms with Gasteiger partial charge in [0.1, 0.15) is 0 Å². The molecule has 1 saturated heterocycles. The summed E-state index contributed by atoms with van der Waals surface area (Å²) in [5.74, 6) is 0. The van der Waals surface area contributed by atoms with Gasteiger partial charge in [-0.3, -0.25) is 0 Å². The number of piperidine rings is 1. The summed E-state index contributed by atoms with van der Waals surface area (Å²) in [4.78, 5) is 0. The Morgan fingerprint density at radius 3 is 2.36 bits per heavy atom. The van der Waals surface area contributed by atoms with Crippen molar-refractivity contribution in [3.63, 3.8) is 0 Å². The van der Waals surface area contributed by atoms with Gasteiger partial charge in [-0.15, -0.1) is 0 Å². The maximum atomic E-state index is 9.64. The van der Waals surface area contributed by atoms with Crippen LogP contribution in [0.4, 0.5) is 0 Å². The standard InChI is InChI=1S/C9H19NO/c1-9(2,3)8-7(11)5-4-6-10-8/h7-8,10-11H,4-6H2,1-3H3/t7-,8-/m0/s1. The molecule has 66 valence electrons. The minimum Gasteiger partial charge on any atom is -0.391 e. The van der Waals surface area contributed by atoms with E-state index in [-0.39, 0.29) is 17.6 Å². The first-order valence-corrected chi connectivity index (χ1v) is 4.43. The van der Waals surface area contributed by atoms with Gasteiger partial charge in [0.2, 0.25) is 0 Å². The monoisotopic (exact) mass is 157 g/mol. The maximum absolute atomic E-state index is 9.64. The number of aliphatic hydroxyl groups is 1. The molecular formula is C9H19NO. The van der Waals surface area contributed by atoms with Gasteiger partial charge in [-0.1, -0.05) is 20.8 Å². The third-order valence-corrected chi connectivity index (χ3v) is 2.36. The highest BCUT2D eigenvalue weighted by Crippen LogP contribution is 2.25. The number of hydrogen-bond acceptors (Lipinski definition) is 2. The van der Waals surface area contributed by atoms with Crippen molar-refractivity contribution in [1.82, 2.24) is 5.32 Å². The molecule has 1 fully saturated rings. The van der Waals surface area contributed by atoms with E-state index in [4.69, 9.17) is 0 Å². The minimum absolute atomic E-state index is 0.149. The zero-order chi connectivity index (χ0) is 8.48. The summed E-state index contributed by atoms with van der Waals surface area (Å²) < 4.78 is 0. The molecule has 1 heterocycles. The van der Waals surface area contributed by atoms with Gasteiger partial charge in [0.05, 0.1) is 6.10 Å². The first kappa shape index (κ1) is 9.01. The highest BCUT2D eigenvalue weighted by Gasteiger charge is 2.32. The molecule has 1 aliphatic heterocycles. The smallest absolute Gasteiger partial charge is 0.0698 e. The fraction of sp³-hybridized carbons (Fsp3) is 1.00. The van der Waals surface area contributed by atoms with Crippen LogP contribution < -0.4 is 5.32 Å². The molecule has 1 aliphatic rings. The number of hydrogen-bond donors (Lipinski definition) is 2. The Hall–Kier alpha value is -0.0800. The first-order valence-electron chi connectivity index (χ1n) is 4.43. The highest BCUT2D eigenvalue weighted by molar-refractivity contribution is 4.89. The Morgan fingerprint density at radius 2 is 2.00 bits per heavy atom. The van der Waals surface area contributed by atoms with E-state index in [1.807, 2.05) is 0 Å². The van der Waals surface area contributed by atoms with E-state index >= 15 is 0 Å². The van der Waals surface area contributed by atoms with E-state index < -0.39 is 0 Å². The fourth-order valence-corrected chi connectivity index (χ4v) is 1.75. The van der Waals surface area contributed by atoms with Crippen LogP contribution >= 0.6 is 0 Å². The normalized spacial score (nSPS) is 33.8. The molecule has 0 aliphatic carbocycles. The van der Waals surface area contributed by atoms with Gasteiger partial charge >= 0.3 is 0 Å². The summed E-state index contributed by atoms with van der Waals surface area (Å²) in [5, 5.41) is 13.0. The van der Waals surface area contributed by atoms with E-state index in [9.17, 15) is 5.11 Å². The van der Waals surface area contributed by atoms with Crippen molar-refractivity contribution in [1.29, 1.82) is 0 Å². The average molecular weight is 157 g/mol. The summed E-state index contributed by atoms with van der Waals surface area (Å²) in [7, 11) is 0. The van der Waals surface area contributed by atoms with E-state index in [0.29, 0.717) is 0 Å². The SMILES string of the molecule is CC(C)(C)[C@H]1NCCC[C@@H]1O. The Kier molecular flexibility index (Phi) is 2.55. The molecule has 2 N–H and O–H groups in total. The first-order chi connectivity index (χ1) is 5.02. The van der Waals surface area contributed by atoms with Crippen LogP contribution in [0.2, 0.25) is 0 Å². The number of rotatable bonds is 0. The highest BCUT2D eigenvalue weighted by atomic mass is 16.3. The summed E-state index contributed by atoms with van der Waals surface area (Å²) >= 11 is 0. The molecular weight excluding hydrogens is 138 g/mol. The van der Waals surface area contributed by atoms with E-state index in [0.717, 1.165) is 19.4 Å². The fourth-order valence-electron chi connectivity index (χ4n) is 1.75. The molecule has 0 amide bonds. The molecule has 0 aromatic carbocycles. The largest absolute Gasteiger partial charge is 0.391 e. The Morgan fingerprint density at radius 1 is 1.36 bits per heavy atom. The van der Waals surface area contributed by atoms with Crippen LogP contribution in [0.3, 0.4) is 0 Å². The average Bonchev–Trinajstić information content (AvgIpc) is 1.86. The van der Waals surface area contributed by atoms with Crippen LogP contribution in [-0.4, -0.2) is 23.8 Å². The zero-order valence-corrected chi connectivity index (χ0v) is 7.72. The van der Waals surface area contributed by atoms with Crippen molar-refractivity contribution in [2.75, 3.05) is 6.54 Å². The molecule has 2 nitrogen and oxygen atoms in total. The molecule has 0 aromatic rings. The second kappa shape index (κ2) is 3.11. The second-order valence-corrected chi connectivity index (χ2v) is 4.51. The maximum Gasteiger partial charge on any atom is 0.0698 e. The zero-order valence-electron chi connectivity index (χ0n) is 7.72. The van der Waals surface area contributed by atoms with Gasteiger partial charge in [0.25, 0.3) is 0 Å². The second-order valence-electron chi connectivity index (χ2n) is 4.51. The number of aliphatic hydroxyl groups excluding tert-OH is 1. The lowest BCUT2D eigenvalue weighted by Crippen LogP contribution is -2.52. The van der Waals surface area contributed by atoms with Crippen molar-refractivity contribution < 1.29 is 5.11 Å². The molecule has 0 bridgehead atoms. The van der Waals surface area contributed by atoms with Gasteiger partial charge in [0.15, 0.2) is 0 Å². The summed E-state index contributed by atoms with van der Waals surface area (Å²) in [6.07, 6.45) is 1.91. The molecule has 11 heavy (non-hydrogen) atoms. The molecule has 0 radical (unpaired) electrons. The van der Waals surface area contributed by atoms with Crippen molar-refractivity contribution in [3.05, 3.63) is 0 Å². The van der Waals surface area contributed by atoms with Gasteiger partial charge in [0, 0.05) is 6.04 Å². The Labute approximate surface area is 69.0 Å². The van der Waals surface area contributed by atoms with Crippen LogP contribution in [0.5, 0.6) is 0 Å². The summed E-state index contributed by atoms with van der Waals surface area (Å²) in [5.41, 5.74) is 0.180. The van der Waals surface area contributed by atoms with E-state index in [1.165, 1.54) is 0 Å². The Bertz CT molecular complexity index is 128. The Balaban J connectivity index is 2.55. The minimum atomic E-state index is -0.149. The predicted octanol–water partition coefficient (Wildman–Crippen LogP) is 1.15. The molecule has 0 spiro atoms. The lowest BCUT2D eigenvalue weighted by Gasteiger charge is -2.38. The summed E-state index contributed by atoms with van der Waals surface area (Å²) in [6.45, 7) is 7.55. The van der Waals surface area contributed by atoms with Crippen molar-refractivity contribution in [2.24, 2.45) is 5.41 Å². The number of nitrogens with one attached hydrogen (secondary N) is 1. The van der Waals surface area contributed by atoms with E-state index in [1.54, 1.807) is 0 Å². The van der Waals surface area contributed by atoms with Gasteiger partial charge in [-0.05, 0) is 24.8 Å². The quantitative estimate of drug-likeness (QED) is 0.553. The molecule has 0 saturated carbocycles. The molecule has 0 aromatic heterocycles. The van der Waals surface area contributed by atoms with Crippen LogP contribution in [0.25, 0.3) is 0 Å². The molecule has 2 atom stereocenters. The topological polar surface area (TPSA) is 32.3 Å².